The molecule has 6 nitrogen and oxygen atoms in total. The number of amides is 1. The Morgan fingerprint density at radius 3 is 2.70 bits per heavy atom. The van der Waals surface area contributed by atoms with Gasteiger partial charge in [0, 0.05) is 5.02 Å². The molecule has 0 radical (unpaired) electrons. The number of aliphatic carboxylic acids is 1. The lowest BCUT2D eigenvalue weighted by atomic mass is 10.1. The predicted octanol–water partition coefficient (Wildman–Crippen LogP) is 4.39. The number of rotatable bonds is 7. The van der Waals surface area contributed by atoms with Gasteiger partial charge in [0.25, 0.3) is 5.91 Å². The average Bonchev–Trinajstić information content (AvgIpc) is 2.62. The number of ether oxygens (including phenoxy) is 1. The summed E-state index contributed by atoms with van der Waals surface area (Å²) in [4.78, 5) is 22.9. The normalized spacial score (nSPS) is 10.8. The van der Waals surface area contributed by atoms with E-state index in [2.05, 4.69) is 5.32 Å². The van der Waals surface area contributed by atoms with E-state index < -0.39 is 11.9 Å². The van der Waals surface area contributed by atoms with Crippen LogP contribution in [0.25, 0.3) is 6.08 Å². The largest absolute Gasteiger partial charge is 0.493 e. The Kier molecular flexibility index (Phi) is 7.24. The Bertz CT molecular complexity index is 936. The number of carboxylic acid groups (broad SMARTS) is 1. The lowest BCUT2D eigenvalue weighted by Crippen LogP contribution is -2.13. The SMILES string of the molecule is N#CC(=Cc1cccc(OCCC(=O)O)c1)C(=O)Nc1cc(Cl)ccc1Cl. The lowest BCUT2D eigenvalue weighted by Gasteiger charge is -2.08. The van der Waals surface area contributed by atoms with E-state index in [1.807, 2.05) is 6.07 Å². The molecule has 0 bridgehead atoms. The van der Waals surface area contributed by atoms with Crippen LogP contribution in [0.2, 0.25) is 10.0 Å². The summed E-state index contributed by atoms with van der Waals surface area (Å²) in [6, 6.07) is 13.0. The van der Waals surface area contributed by atoms with Gasteiger partial charge in [0.2, 0.25) is 0 Å². The minimum Gasteiger partial charge on any atom is -0.493 e. The molecule has 0 spiro atoms. The molecule has 0 saturated heterocycles. The summed E-state index contributed by atoms with van der Waals surface area (Å²) in [6.45, 7) is 0.0152. The molecule has 0 aliphatic heterocycles. The van der Waals surface area contributed by atoms with Crippen LogP contribution in [0.5, 0.6) is 5.75 Å². The third-order valence-electron chi connectivity index (χ3n) is 3.30. The van der Waals surface area contributed by atoms with Crippen LogP contribution in [0.1, 0.15) is 12.0 Å². The van der Waals surface area contributed by atoms with Crippen LogP contribution in [0.4, 0.5) is 5.69 Å². The third-order valence-corrected chi connectivity index (χ3v) is 3.86. The first-order valence-electron chi connectivity index (χ1n) is 7.72. The number of benzene rings is 2. The van der Waals surface area contributed by atoms with Crippen molar-refractivity contribution in [1.82, 2.24) is 0 Å². The molecule has 138 valence electrons. The Labute approximate surface area is 165 Å². The fourth-order valence-electron chi connectivity index (χ4n) is 2.05. The molecule has 2 N–H and O–H groups in total. The van der Waals surface area contributed by atoms with Gasteiger partial charge in [-0.25, -0.2) is 0 Å². The fraction of sp³-hybridized carbons (Fsp3) is 0.105. The van der Waals surface area contributed by atoms with E-state index in [9.17, 15) is 14.9 Å². The standard InChI is InChI=1S/C19H14Cl2N2O4/c20-14-4-5-16(21)17(10-14)23-19(26)13(11-22)8-12-2-1-3-15(9-12)27-7-6-18(24)25/h1-5,8-10H,6-7H2,(H,23,26)(H,24,25). The molecule has 0 heterocycles. The quantitative estimate of drug-likeness (QED) is 0.526. The third kappa shape index (κ3) is 6.33. The van der Waals surface area contributed by atoms with Gasteiger partial charge in [-0.1, -0.05) is 35.3 Å². The molecule has 0 aliphatic rings. The second-order valence-corrected chi connectivity index (χ2v) is 6.16. The average molecular weight is 405 g/mol. The predicted molar refractivity (Wildman–Crippen MR) is 103 cm³/mol. The van der Waals surface area contributed by atoms with Crippen molar-refractivity contribution in [2.45, 2.75) is 6.42 Å². The van der Waals surface area contributed by atoms with Gasteiger partial charge in [0.1, 0.15) is 17.4 Å². The molecular weight excluding hydrogens is 391 g/mol. The van der Waals surface area contributed by atoms with Crippen molar-refractivity contribution < 1.29 is 19.4 Å². The molecule has 2 rings (SSSR count). The van der Waals surface area contributed by atoms with Crippen molar-refractivity contribution in [2.75, 3.05) is 11.9 Å². The Hall–Kier alpha value is -3.01. The highest BCUT2D eigenvalue weighted by Gasteiger charge is 2.12. The number of carbonyl (C=O) groups is 2. The summed E-state index contributed by atoms with van der Waals surface area (Å²) in [6.07, 6.45) is 1.25. The number of halogens is 2. The topological polar surface area (TPSA) is 99.4 Å². The van der Waals surface area contributed by atoms with E-state index in [-0.39, 0.29) is 18.6 Å². The van der Waals surface area contributed by atoms with Crippen molar-refractivity contribution in [3.63, 3.8) is 0 Å². The maximum Gasteiger partial charge on any atom is 0.306 e. The van der Waals surface area contributed by atoms with Crippen LogP contribution in [-0.4, -0.2) is 23.6 Å². The maximum absolute atomic E-state index is 12.3. The van der Waals surface area contributed by atoms with E-state index >= 15 is 0 Å². The molecule has 8 heteroatoms. The summed E-state index contributed by atoms with van der Waals surface area (Å²) in [5, 5.41) is 21.1. The monoisotopic (exact) mass is 404 g/mol. The zero-order valence-electron chi connectivity index (χ0n) is 13.9. The summed E-state index contributed by atoms with van der Waals surface area (Å²) in [5.41, 5.74) is 0.696. The van der Waals surface area contributed by atoms with Gasteiger partial charge >= 0.3 is 5.97 Å². The number of nitrogens with one attached hydrogen (secondary N) is 1. The Morgan fingerprint density at radius 1 is 1.22 bits per heavy atom. The fourth-order valence-corrected chi connectivity index (χ4v) is 2.39. The molecule has 0 aliphatic carbocycles. The second-order valence-electron chi connectivity index (χ2n) is 5.31. The van der Waals surface area contributed by atoms with E-state index in [0.717, 1.165) is 0 Å². The highest BCUT2D eigenvalue weighted by atomic mass is 35.5. The van der Waals surface area contributed by atoms with E-state index in [1.165, 1.54) is 18.2 Å². The van der Waals surface area contributed by atoms with Crippen molar-refractivity contribution in [2.24, 2.45) is 0 Å². The first-order chi connectivity index (χ1) is 12.9. The van der Waals surface area contributed by atoms with Crippen LogP contribution >= 0.6 is 23.2 Å². The highest BCUT2D eigenvalue weighted by Crippen LogP contribution is 2.26. The van der Waals surface area contributed by atoms with E-state index in [0.29, 0.717) is 27.0 Å². The van der Waals surface area contributed by atoms with Gasteiger partial charge in [-0.2, -0.15) is 5.26 Å². The Balaban J connectivity index is 2.15. The van der Waals surface area contributed by atoms with Gasteiger partial charge in [-0.05, 0) is 42.0 Å². The maximum atomic E-state index is 12.3. The molecule has 2 aromatic rings. The summed E-state index contributed by atoms with van der Waals surface area (Å²) >= 11 is 11.9. The van der Waals surface area contributed by atoms with Crippen LogP contribution in [0.15, 0.2) is 48.0 Å². The van der Waals surface area contributed by atoms with Crippen LogP contribution < -0.4 is 10.1 Å². The number of carboxylic acids is 1. The molecule has 0 atom stereocenters. The van der Waals surface area contributed by atoms with Crippen molar-refractivity contribution >= 4 is 46.8 Å². The number of carbonyl (C=O) groups excluding carboxylic acids is 1. The Morgan fingerprint density at radius 2 is 2.00 bits per heavy atom. The van der Waals surface area contributed by atoms with Gasteiger partial charge in [0.05, 0.1) is 23.7 Å². The smallest absolute Gasteiger partial charge is 0.306 e. The van der Waals surface area contributed by atoms with E-state index in [1.54, 1.807) is 30.3 Å². The summed E-state index contributed by atoms with van der Waals surface area (Å²) < 4.78 is 5.33. The van der Waals surface area contributed by atoms with Crippen molar-refractivity contribution in [3.05, 3.63) is 63.6 Å². The lowest BCUT2D eigenvalue weighted by molar-refractivity contribution is -0.137. The summed E-state index contributed by atoms with van der Waals surface area (Å²) in [5.74, 6) is -1.17. The van der Waals surface area contributed by atoms with Crippen molar-refractivity contribution in [3.8, 4) is 11.8 Å². The molecule has 2 aromatic carbocycles. The molecule has 27 heavy (non-hydrogen) atoms. The number of anilines is 1. The van der Waals surface area contributed by atoms with Gasteiger partial charge in [-0.3, -0.25) is 9.59 Å². The van der Waals surface area contributed by atoms with E-state index in [4.69, 9.17) is 33.0 Å². The zero-order chi connectivity index (χ0) is 19.8. The molecule has 0 saturated carbocycles. The first kappa shape index (κ1) is 20.3. The molecule has 0 unspecified atom stereocenters. The zero-order valence-corrected chi connectivity index (χ0v) is 15.4. The van der Waals surface area contributed by atoms with Gasteiger partial charge in [-0.15, -0.1) is 0 Å². The first-order valence-corrected chi connectivity index (χ1v) is 8.47. The van der Waals surface area contributed by atoms with Crippen molar-refractivity contribution in [1.29, 1.82) is 5.26 Å². The van der Waals surface area contributed by atoms with Gasteiger partial charge < -0.3 is 15.2 Å². The minimum absolute atomic E-state index is 0.0152. The number of hydrogen-bond acceptors (Lipinski definition) is 4. The van der Waals surface area contributed by atoms with Gasteiger partial charge in [0.15, 0.2) is 0 Å². The number of hydrogen-bond donors (Lipinski definition) is 2. The van der Waals surface area contributed by atoms with Crippen LogP contribution in [0.3, 0.4) is 0 Å². The highest BCUT2D eigenvalue weighted by molar-refractivity contribution is 6.36. The van der Waals surface area contributed by atoms with Crippen LogP contribution in [0, 0.1) is 11.3 Å². The molecule has 0 aromatic heterocycles. The second kappa shape index (κ2) is 9.62. The summed E-state index contributed by atoms with van der Waals surface area (Å²) in [7, 11) is 0. The number of nitrogens with zero attached hydrogens (tertiary/aromatic N) is 1. The van der Waals surface area contributed by atoms with Crippen LogP contribution in [-0.2, 0) is 9.59 Å². The minimum atomic E-state index is -0.964. The molecule has 0 fully saturated rings. The number of nitriles is 1. The molecular formula is C19H14Cl2N2O4. The molecule has 1 amide bonds.